The van der Waals surface area contributed by atoms with E-state index in [4.69, 9.17) is 32.7 Å². The molecule has 3 heterocycles. The van der Waals surface area contributed by atoms with Crippen molar-refractivity contribution >= 4 is 76.7 Å². The molecule has 8 aromatic rings. The Kier molecular flexibility index (Phi) is 20.7. The summed E-state index contributed by atoms with van der Waals surface area (Å²) in [6.07, 6.45) is 1.05. The third-order valence-electron chi connectivity index (χ3n) is 19.0. The Morgan fingerprint density at radius 3 is 1.30 bits per heavy atom. The molecule has 6 amide bonds. The van der Waals surface area contributed by atoms with Crippen LogP contribution in [-0.4, -0.2) is 125 Å². The number of hydrogen-bond acceptors (Lipinski definition) is 11. The molecule has 1 saturated heterocycles. The quantitative estimate of drug-likeness (QED) is 0.0541. The van der Waals surface area contributed by atoms with Crippen molar-refractivity contribution in [1.82, 2.24) is 25.3 Å². The summed E-state index contributed by atoms with van der Waals surface area (Å²) < 4.78 is 12.0. The van der Waals surface area contributed by atoms with Crippen molar-refractivity contribution in [3.05, 3.63) is 248 Å². The van der Waals surface area contributed by atoms with Crippen molar-refractivity contribution in [1.29, 1.82) is 0 Å². The van der Waals surface area contributed by atoms with E-state index >= 15 is 0 Å². The Morgan fingerprint density at radius 2 is 0.896 bits per heavy atom. The topological polar surface area (TPSA) is 216 Å². The lowest BCUT2D eigenvalue weighted by Gasteiger charge is -2.36. The van der Waals surface area contributed by atoms with Crippen molar-refractivity contribution in [2.45, 2.75) is 108 Å². The molecule has 3 aliphatic heterocycles. The lowest BCUT2D eigenvalue weighted by Crippen LogP contribution is -2.56. The Bertz CT molecular complexity index is 4160. The summed E-state index contributed by atoms with van der Waals surface area (Å²) in [6, 6.07) is 54.3. The number of carbonyl (C=O) groups is 7. The molecule has 4 atom stereocenters. The highest BCUT2D eigenvalue weighted by atomic mass is 35.5. The Labute approximate surface area is 568 Å². The van der Waals surface area contributed by atoms with Crippen LogP contribution in [0.5, 0.6) is 0 Å². The number of aliphatic hydroxyl groups is 1. The van der Waals surface area contributed by atoms with Gasteiger partial charge in [-0.2, -0.15) is 0 Å². The zero-order valence-electron chi connectivity index (χ0n) is 53.4. The van der Waals surface area contributed by atoms with E-state index in [2.05, 4.69) is 62.6 Å². The van der Waals surface area contributed by atoms with Gasteiger partial charge in [0.25, 0.3) is 0 Å². The number of aryl methyl sites for hydroxylation is 2. The van der Waals surface area contributed by atoms with E-state index in [9.17, 15) is 38.7 Å². The van der Waals surface area contributed by atoms with Gasteiger partial charge in [0.15, 0.2) is 0 Å². The molecule has 19 heteroatoms. The number of likely N-dealkylation sites (tertiary alicyclic amines) is 1. The summed E-state index contributed by atoms with van der Waals surface area (Å²) in [7, 11) is 0. The first-order valence-corrected chi connectivity index (χ1v) is 33.3. The van der Waals surface area contributed by atoms with Gasteiger partial charge in [-0.15, -0.1) is 0 Å². The van der Waals surface area contributed by atoms with Crippen LogP contribution < -0.4 is 21.3 Å². The number of ether oxygens (including phenoxy) is 2. The first-order valence-electron chi connectivity index (χ1n) is 32.5. The minimum atomic E-state index is -1.15. The van der Waals surface area contributed by atoms with Crippen molar-refractivity contribution < 1.29 is 48.1 Å². The van der Waals surface area contributed by atoms with Gasteiger partial charge in [-0.05, 0) is 147 Å². The maximum absolute atomic E-state index is 14.3. The molecular formula is C77H75Cl2N7O10. The summed E-state index contributed by atoms with van der Waals surface area (Å²) in [5.74, 6) is -2.13. The molecule has 17 nitrogen and oxygen atoms in total. The number of carbonyl (C=O) groups excluding carboxylic acids is 7. The molecule has 96 heavy (non-hydrogen) atoms. The van der Waals surface area contributed by atoms with Gasteiger partial charge in [-0.25, -0.2) is 9.59 Å². The SMILES string of the molecule is Cc1cc(NC(=O)[C@H](CC=O)NC(=O)[C@@H]2Cc3ccccc3CN2C(=O)OCC2c3ccccc3-c3ccccc32)ccc1Cl.Cc1cc(NC(=O)[C@H](CCN2CCC(O)CC2)NC(=O)[C@@H]2Cc3ccccc3CN2C(=O)OCC2c3ccccc3-c3ccccc32)ccc1Cl. The minimum Gasteiger partial charge on any atom is -0.448 e. The average molecular weight is 1330 g/mol. The predicted octanol–water partition coefficient (Wildman–Crippen LogP) is 12.3. The minimum absolute atomic E-state index is 0.107. The van der Waals surface area contributed by atoms with Crippen LogP contribution in [0.25, 0.3) is 22.3 Å². The number of aldehydes is 1. The Hall–Kier alpha value is -9.65. The molecule has 8 aromatic carbocycles. The molecule has 2 aliphatic carbocycles. The number of rotatable bonds is 17. The fourth-order valence-corrected chi connectivity index (χ4v) is 14.0. The van der Waals surface area contributed by atoms with Gasteiger partial charge in [-0.3, -0.25) is 29.0 Å². The summed E-state index contributed by atoms with van der Waals surface area (Å²) >= 11 is 12.3. The highest BCUT2D eigenvalue weighted by Crippen LogP contribution is 2.46. The highest BCUT2D eigenvalue weighted by Gasteiger charge is 2.41. The number of fused-ring (bicyclic) bond motifs is 8. The molecule has 0 bridgehead atoms. The van der Waals surface area contributed by atoms with Gasteiger partial charge in [0.05, 0.1) is 19.2 Å². The number of amides is 6. The zero-order valence-corrected chi connectivity index (χ0v) is 54.9. The fraction of sp³-hybridized carbons (Fsp3) is 0.286. The molecule has 492 valence electrons. The van der Waals surface area contributed by atoms with Gasteiger partial charge in [-0.1, -0.05) is 169 Å². The van der Waals surface area contributed by atoms with Crippen LogP contribution in [0.1, 0.15) is 93.2 Å². The lowest BCUT2D eigenvalue weighted by atomic mass is 9.93. The fourth-order valence-electron chi connectivity index (χ4n) is 13.7. The van der Waals surface area contributed by atoms with E-state index in [-0.39, 0.29) is 63.0 Å². The average Bonchev–Trinajstić information content (AvgIpc) is 1.55. The van der Waals surface area contributed by atoms with E-state index in [1.165, 1.54) is 9.80 Å². The zero-order chi connectivity index (χ0) is 67.0. The summed E-state index contributed by atoms with van der Waals surface area (Å²) in [5, 5.41) is 22.6. The second-order valence-electron chi connectivity index (χ2n) is 25.1. The van der Waals surface area contributed by atoms with E-state index in [0.29, 0.717) is 59.9 Å². The number of piperidine rings is 1. The normalized spacial score (nSPS) is 16.9. The van der Waals surface area contributed by atoms with Crippen molar-refractivity contribution in [2.24, 2.45) is 0 Å². The number of nitrogens with one attached hydrogen (secondary N) is 4. The van der Waals surface area contributed by atoms with E-state index in [0.717, 1.165) is 91.0 Å². The molecule has 5 N–H and O–H groups in total. The molecule has 0 aromatic heterocycles. The first kappa shape index (κ1) is 66.4. The van der Waals surface area contributed by atoms with E-state index in [1.807, 2.05) is 123 Å². The smallest absolute Gasteiger partial charge is 0.410 e. The van der Waals surface area contributed by atoms with Gasteiger partial charge < -0.3 is 45.5 Å². The van der Waals surface area contributed by atoms with Crippen molar-refractivity contribution in [3.63, 3.8) is 0 Å². The van der Waals surface area contributed by atoms with Gasteiger partial charge in [0, 0.05) is 72.2 Å². The van der Waals surface area contributed by atoms with Crippen LogP contribution in [0, 0.1) is 13.8 Å². The molecule has 13 rings (SSSR count). The first-order chi connectivity index (χ1) is 46.6. The highest BCUT2D eigenvalue weighted by molar-refractivity contribution is 6.31. The molecule has 0 unspecified atom stereocenters. The largest absolute Gasteiger partial charge is 0.448 e. The van der Waals surface area contributed by atoms with E-state index in [1.54, 1.807) is 36.4 Å². The summed E-state index contributed by atoms with van der Waals surface area (Å²) in [6.45, 7) is 6.28. The van der Waals surface area contributed by atoms with Crippen LogP contribution >= 0.6 is 23.2 Å². The second-order valence-corrected chi connectivity index (χ2v) is 25.9. The Balaban J connectivity index is 0.000000185. The van der Waals surface area contributed by atoms with Crippen molar-refractivity contribution in [2.75, 3.05) is 43.5 Å². The van der Waals surface area contributed by atoms with Crippen LogP contribution in [0.2, 0.25) is 10.0 Å². The maximum Gasteiger partial charge on any atom is 0.410 e. The van der Waals surface area contributed by atoms with E-state index < -0.39 is 54.1 Å². The summed E-state index contributed by atoms with van der Waals surface area (Å²) in [5.41, 5.74) is 15.3. The van der Waals surface area contributed by atoms with Crippen LogP contribution in [0.3, 0.4) is 0 Å². The van der Waals surface area contributed by atoms with Crippen molar-refractivity contribution in [3.8, 4) is 22.3 Å². The Morgan fingerprint density at radius 1 is 0.521 bits per heavy atom. The standard InChI is InChI=1S/C41H43ClN4O5.C36H32ClN3O5/c1-26-22-29(14-15-36(26)42)43-39(48)37(18-21-45-19-16-30(47)17-20-45)44-40(49)38-23-27-8-2-3-9-28(27)24-46(38)41(50)51-25-35-33-12-6-4-10-31(33)32-11-5-7-13-34(32)35;1-22-18-25(14-15-31(22)37)38-34(42)32(16-17-41)39-35(43)33-19-23-8-2-3-9-24(23)20-40(33)36(44)45-21-30-28-12-6-4-10-26(28)27-11-5-7-13-29(27)30/h2-15,22,30,35,37-38,47H,16-21,23-25H2,1H3,(H,43,48)(H,44,49);2-15,17-18,30,32-33H,16,19-21H2,1H3,(H,38,42)(H,39,43)/t37-,38-;32-,33-/m00/s1. The van der Waals surface area contributed by atoms with Gasteiger partial charge >= 0.3 is 12.2 Å². The molecule has 0 spiro atoms. The predicted molar refractivity (Wildman–Crippen MR) is 370 cm³/mol. The molecule has 1 fully saturated rings. The molecule has 5 aliphatic rings. The molecule has 0 radical (unpaired) electrons. The van der Waals surface area contributed by atoms with Gasteiger partial charge in [0.1, 0.15) is 43.7 Å². The number of anilines is 2. The van der Waals surface area contributed by atoms with Crippen LogP contribution in [-0.2, 0) is 59.4 Å². The third-order valence-corrected chi connectivity index (χ3v) is 19.8. The molecular weight excluding hydrogens is 1250 g/mol. The number of nitrogens with zero attached hydrogens (tertiary/aromatic N) is 3. The third kappa shape index (κ3) is 14.9. The van der Waals surface area contributed by atoms with Crippen LogP contribution in [0.4, 0.5) is 21.0 Å². The lowest BCUT2D eigenvalue weighted by molar-refractivity contribution is -0.131. The monoisotopic (exact) mass is 1330 g/mol. The maximum atomic E-state index is 14.3. The molecule has 0 saturated carbocycles. The van der Waals surface area contributed by atoms with Crippen LogP contribution in [0.15, 0.2) is 182 Å². The number of aliphatic hydroxyl groups excluding tert-OH is 1. The number of hydrogen-bond donors (Lipinski definition) is 5. The number of benzene rings is 8. The number of halogens is 2. The summed E-state index contributed by atoms with van der Waals surface area (Å²) in [4.78, 5) is 99.3. The second kappa shape index (κ2) is 30.0. The van der Waals surface area contributed by atoms with Gasteiger partial charge in [0.2, 0.25) is 23.6 Å².